The number of nitrogens with zero attached hydrogens (tertiary/aromatic N) is 2. The molecule has 2 heterocycles. The summed E-state index contributed by atoms with van der Waals surface area (Å²) in [6.07, 6.45) is 4.51. The van der Waals surface area contributed by atoms with E-state index >= 15 is 0 Å². The van der Waals surface area contributed by atoms with E-state index in [-0.39, 0.29) is 5.41 Å². The van der Waals surface area contributed by atoms with Gasteiger partial charge in [-0.2, -0.15) is 0 Å². The van der Waals surface area contributed by atoms with Gasteiger partial charge < -0.3 is 9.80 Å². The van der Waals surface area contributed by atoms with Crippen LogP contribution in [-0.4, -0.2) is 13.1 Å². The van der Waals surface area contributed by atoms with Gasteiger partial charge in [-0.3, -0.25) is 0 Å². The van der Waals surface area contributed by atoms with E-state index in [4.69, 9.17) is 0 Å². The quantitative estimate of drug-likeness (QED) is 0.159. The molecule has 312 valence electrons. The van der Waals surface area contributed by atoms with Gasteiger partial charge >= 0.3 is 0 Å². The van der Waals surface area contributed by atoms with Gasteiger partial charge in [0.05, 0.1) is 0 Å². The Hall–Kier alpha value is -7.42. The van der Waals surface area contributed by atoms with Crippen LogP contribution in [0.25, 0.3) is 76.8 Å². The Morgan fingerprint density at radius 1 is 0.369 bits per heavy atom. The fraction of sp³-hybridized carbons (Fsp3) is 0.143. The molecule has 10 aromatic rings. The molecular formula is C63H50N2. The minimum Gasteiger partial charge on any atom is -0.341 e. The maximum Gasteiger partial charge on any atom is 0.0443 e. The average Bonchev–Trinajstić information content (AvgIpc) is 3.59. The summed E-state index contributed by atoms with van der Waals surface area (Å²) in [5, 5.41) is 7.66. The lowest BCUT2D eigenvalue weighted by molar-refractivity contribution is 0.661. The highest BCUT2D eigenvalue weighted by Crippen LogP contribution is 2.53. The molecule has 0 N–H and O–H groups in total. The Kier molecular flexibility index (Phi) is 8.68. The predicted octanol–water partition coefficient (Wildman–Crippen LogP) is 16.6. The van der Waals surface area contributed by atoms with E-state index in [9.17, 15) is 0 Å². The second-order valence-corrected chi connectivity index (χ2v) is 19.1. The summed E-state index contributed by atoms with van der Waals surface area (Å²) in [5.41, 5.74) is 20.9. The minimum absolute atomic E-state index is 0.181. The van der Waals surface area contributed by atoms with Crippen LogP contribution >= 0.6 is 0 Å². The summed E-state index contributed by atoms with van der Waals surface area (Å²) in [6.45, 7) is 6.84. The Balaban J connectivity index is 1.08. The van der Waals surface area contributed by atoms with Crippen molar-refractivity contribution in [2.75, 3.05) is 22.9 Å². The summed E-state index contributed by atoms with van der Waals surface area (Å²) in [6, 6.07) is 73.9. The van der Waals surface area contributed by atoms with E-state index in [2.05, 4.69) is 218 Å². The zero-order valence-electron chi connectivity index (χ0n) is 37.1. The second kappa shape index (κ2) is 14.8. The Labute approximate surface area is 382 Å². The minimum atomic E-state index is -0.181. The van der Waals surface area contributed by atoms with Crippen LogP contribution in [0.4, 0.5) is 22.7 Å². The van der Waals surface area contributed by atoms with Crippen molar-refractivity contribution < 1.29 is 0 Å². The van der Waals surface area contributed by atoms with Crippen LogP contribution in [0.1, 0.15) is 48.9 Å². The molecule has 10 aromatic carbocycles. The molecule has 0 atom stereocenters. The molecule has 2 aliphatic heterocycles. The first kappa shape index (κ1) is 38.1. The molecule has 0 spiro atoms. The molecule has 0 aromatic heterocycles. The Morgan fingerprint density at radius 3 is 1.48 bits per heavy atom. The van der Waals surface area contributed by atoms with E-state index in [0.29, 0.717) is 0 Å². The Morgan fingerprint density at radius 2 is 0.862 bits per heavy atom. The fourth-order valence-corrected chi connectivity index (χ4v) is 11.8. The molecule has 13 rings (SSSR count). The van der Waals surface area contributed by atoms with Crippen LogP contribution in [-0.2, 0) is 18.3 Å². The van der Waals surface area contributed by atoms with Crippen molar-refractivity contribution in [3.63, 3.8) is 0 Å². The van der Waals surface area contributed by atoms with Crippen molar-refractivity contribution in [2.24, 2.45) is 0 Å². The lowest BCUT2D eigenvalue weighted by Gasteiger charge is -2.32. The fourth-order valence-electron chi connectivity index (χ4n) is 11.8. The van der Waals surface area contributed by atoms with Gasteiger partial charge in [-0.25, -0.2) is 0 Å². The molecule has 0 radical (unpaired) electrons. The van der Waals surface area contributed by atoms with Crippen LogP contribution in [0.5, 0.6) is 0 Å². The van der Waals surface area contributed by atoms with Crippen molar-refractivity contribution in [2.45, 2.75) is 44.9 Å². The SMILES string of the molecule is CC1(C)c2cc(-c3ccccc3)ccc2-c2ccc(-c3c4ccc(N5CCCc6ccccc65)cc4c(-c4ccc5ccccc5c4)c4ccc(N5CCCc6ccccc65)cc34)cc21. The number of fused-ring (bicyclic) bond motifs is 8. The lowest BCUT2D eigenvalue weighted by Crippen LogP contribution is -2.24. The van der Waals surface area contributed by atoms with E-state index in [0.717, 1.165) is 38.8 Å². The molecule has 2 nitrogen and oxygen atoms in total. The predicted molar refractivity (Wildman–Crippen MR) is 276 cm³/mol. The van der Waals surface area contributed by atoms with Crippen molar-refractivity contribution >= 4 is 55.1 Å². The number of rotatable bonds is 5. The van der Waals surface area contributed by atoms with Crippen molar-refractivity contribution in [3.8, 4) is 44.5 Å². The standard InChI is InChI=1S/C63H50N2/c1-63(2)57-37-46(41-14-4-3-5-15-41)26-30-51(57)52-31-27-48(38-58(52)63)62-54-33-29-49(64-34-12-20-43-17-8-10-22-59(43)64)39-55(54)61(47-25-24-42-16-6-7-19-45(42)36-47)53-32-28-50(40-56(53)62)65-35-13-21-44-18-9-11-23-60(44)65/h3-11,14-19,22-33,36-40H,12-13,20-21,34-35H2,1-2H3. The van der Waals surface area contributed by atoms with Gasteiger partial charge in [0.2, 0.25) is 0 Å². The van der Waals surface area contributed by atoms with Gasteiger partial charge in [-0.05, 0) is 179 Å². The first-order valence-corrected chi connectivity index (χ1v) is 23.6. The number of hydrogen-bond acceptors (Lipinski definition) is 2. The maximum atomic E-state index is 2.56. The van der Waals surface area contributed by atoms with Crippen LogP contribution in [0.15, 0.2) is 194 Å². The maximum absolute atomic E-state index is 2.56. The number of para-hydroxylation sites is 2. The van der Waals surface area contributed by atoms with Crippen LogP contribution in [0.3, 0.4) is 0 Å². The zero-order chi connectivity index (χ0) is 43.2. The highest BCUT2D eigenvalue weighted by atomic mass is 15.1. The van der Waals surface area contributed by atoms with Crippen molar-refractivity contribution in [3.05, 3.63) is 216 Å². The van der Waals surface area contributed by atoms with Gasteiger partial charge in [0.1, 0.15) is 0 Å². The molecule has 0 saturated heterocycles. The molecule has 0 fully saturated rings. The van der Waals surface area contributed by atoms with E-state index in [1.807, 2.05) is 0 Å². The molecule has 0 amide bonds. The molecule has 0 unspecified atom stereocenters. The summed E-state index contributed by atoms with van der Waals surface area (Å²) >= 11 is 0. The van der Waals surface area contributed by atoms with Gasteiger partial charge in [0.25, 0.3) is 0 Å². The number of anilines is 4. The molecule has 1 aliphatic carbocycles. The third-order valence-electron chi connectivity index (χ3n) is 15.0. The monoisotopic (exact) mass is 834 g/mol. The lowest BCUT2D eigenvalue weighted by atomic mass is 9.79. The van der Waals surface area contributed by atoms with Crippen LogP contribution < -0.4 is 9.80 Å². The van der Waals surface area contributed by atoms with E-state index in [1.165, 1.54) is 122 Å². The summed E-state index contributed by atoms with van der Waals surface area (Å²) in [7, 11) is 0. The van der Waals surface area contributed by atoms with E-state index in [1.54, 1.807) is 0 Å². The summed E-state index contributed by atoms with van der Waals surface area (Å²) < 4.78 is 0. The second-order valence-electron chi connectivity index (χ2n) is 19.1. The van der Waals surface area contributed by atoms with Gasteiger partial charge in [-0.1, -0.05) is 153 Å². The third kappa shape index (κ3) is 6.07. The molecule has 0 bridgehead atoms. The van der Waals surface area contributed by atoms with Crippen LogP contribution in [0.2, 0.25) is 0 Å². The third-order valence-corrected chi connectivity index (χ3v) is 15.0. The van der Waals surface area contributed by atoms with Gasteiger partial charge in [-0.15, -0.1) is 0 Å². The first-order valence-electron chi connectivity index (χ1n) is 23.6. The van der Waals surface area contributed by atoms with Gasteiger partial charge in [0.15, 0.2) is 0 Å². The summed E-state index contributed by atoms with van der Waals surface area (Å²) in [5.74, 6) is 0. The zero-order valence-corrected chi connectivity index (χ0v) is 37.1. The summed E-state index contributed by atoms with van der Waals surface area (Å²) in [4.78, 5) is 5.12. The van der Waals surface area contributed by atoms with Crippen molar-refractivity contribution in [1.29, 1.82) is 0 Å². The van der Waals surface area contributed by atoms with Crippen LogP contribution in [0, 0.1) is 0 Å². The normalized spacial score (nSPS) is 14.9. The molecule has 3 aliphatic rings. The smallest absolute Gasteiger partial charge is 0.0443 e. The topological polar surface area (TPSA) is 6.48 Å². The molecular weight excluding hydrogens is 785 g/mol. The number of hydrogen-bond donors (Lipinski definition) is 0. The number of aryl methyl sites for hydroxylation is 2. The number of benzene rings is 10. The highest BCUT2D eigenvalue weighted by molar-refractivity contribution is 6.23. The average molecular weight is 835 g/mol. The molecule has 2 heteroatoms. The van der Waals surface area contributed by atoms with E-state index < -0.39 is 0 Å². The van der Waals surface area contributed by atoms with Crippen molar-refractivity contribution in [1.82, 2.24) is 0 Å². The molecule has 0 saturated carbocycles. The highest BCUT2D eigenvalue weighted by Gasteiger charge is 2.36. The first-order chi connectivity index (χ1) is 32.0. The Bertz CT molecular complexity index is 3540. The largest absolute Gasteiger partial charge is 0.341 e. The molecule has 65 heavy (non-hydrogen) atoms. The van der Waals surface area contributed by atoms with Gasteiger partial charge in [0, 0.05) is 41.3 Å².